The van der Waals surface area contributed by atoms with E-state index in [1.165, 1.54) is 6.39 Å². The molecule has 0 fully saturated rings. The molecule has 0 radical (unpaired) electrons. The molecule has 4 aromatic heterocycles. The molecule has 0 saturated heterocycles. The molecule has 7 nitrogen and oxygen atoms in total. The maximum atomic E-state index is 5.67. The highest BCUT2D eigenvalue weighted by molar-refractivity contribution is 5.80. The van der Waals surface area contributed by atoms with Gasteiger partial charge in [-0.1, -0.05) is 10.3 Å². The largest absolute Gasteiger partial charge is 0.443 e. The van der Waals surface area contributed by atoms with Crippen LogP contribution in [0.1, 0.15) is 22.9 Å². The third-order valence-corrected chi connectivity index (χ3v) is 4.15. The number of pyridine rings is 1. The van der Waals surface area contributed by atoms with Crippen LogP contribution >= 0.6 is 0 Å². The van der Waals surface area contributed by atoms with Gasteiger partial charge in [0.05, 0.1) is 28.2 Å². The number of hydrogen-bond acceptors (Lipinski definition) is 7. The third kappa shape index (κ3) is 2.44. The first-order chi connectivity index (χ1) is 12.1. The maximum Gasteiger partial charge on any atom is 0.182 e. The van der Waals surface area contributed by atoms with Crippen LogP contribution in [0.5, 0.6) is 0 Å². The molecule has 0 unspecified atom stereocenters. The molecular weight excluding hydrogens is 320 g/mol. The number of aryl methyl sites for hydroxylation is 4. The fraction of sp³-hybridized carbons (Fsp3) is 0.222. The average Bonchev–Trinajstić information content (AvgIpc) is 3.28. The zero-order valence-corrected chi connectivity index (χ0v) is 14.3. The summed E-state index contributed by atoms with van der Waals surface area (Å²) < 4.78 is 16.2. The number of rotatable bonds is 3. The quantitative estimate of drug-likeness (QED) is 0.551. The Morgan fingerprint density at radius 2 is 1.52 bits per heavy atom. The Morgan fingerprint density at radius 3 is 2.16 bits per heavy atom. The van der Waals surface area contributed by atoms with E-state index in [4.69, 9.17) is 13.5 Å². The fourth-order valence-electron chi connectivity index (χ4n) is 3.01. The van der Waals surface area contributed by atoms with Crippen molar-refractivity contribution in [1.82, 2.24) is 20.3 Å². The van der Waals surface area contributed by atoms with Gasteiger partial charge in [0.25, 0.3) is 0 Å². The minimum absolute atomic E-state index is 0.643. The van der Waals surface area contributed by atoms with Crippen molar-refractivity contribution in [2.45, 2.75) is 27.7 Å². The standard InChI is InChI=1S/C18H16N4O3/c1-9-15(11(3)24-21-9)14-7-13(5-6-19-14)18-17(20-8-23-18)16-10(2)22-25-12(16)4/h5-8H,1-4H3. The van der Waals surface area contributed by atoms with Crippen molar-refractivity contribution in [2.75, 3.05) is 0 Å². The molecule has 4 heterocycles. The van der Waals surface area contributed by atoms with Crippen LogP contribution in [-0.2, 0) is 0 Å². The molecular formula is C18H16N4O3. The topological polar surface area (TPSA) is 91.0 Å². The summed E-state index contributed by atoms with van der Waals surface area (Å²) in [6.45, 7) is 7.50. The Hall–Kier alpha value is -3.22. The normalized spacial score (nSPS) is 11.2. The fourth-order valence-corrected chi connectivity index (χ4v) is 3.01. The highest BCUT2D eigenvalue weighted by Crippen LogP contribution is 2.36. The summed E-state index contributed by atoms with van der Waals surface area (Å²) in [5.41, 5.74) is 5.64. The van der Waals surface area contributed by atoms with Crippen molar-refractivity contribution in [3.63, 3.8) is 0 Å². The van der Waals surface area contributed by atoms with Gasteiger partial charge in [-0.05, 0) is 39.8 Å². The Bertz CT molecular complexity index is 1020. The van der Waals surface area contributed by atoms with E-state index in [1.807, 2.05) is 39.8 Å². The van der Waals surface area contributed by atoms with Gasteiger partial charge < -0.3 is 13.5 Å². The molecule has 0 saturated carbocycles. The monoisotopic (exact) mass is 336 g/mol. The second-order valence-corrected chi connectivity index (χ2v) is 5.86. The zero-order chi connectivity index (χ0) is 17.6. The second-order valence-electron chi connectivity index (χ2n) is 5.86. The number of nitrogens with zero attached hydrogens (tertiary/aromatic N) is 4. The Labute approximate surface area is 143 Å². The number of oxazole rings is 1. The molecule has 0 spiro atoms. The van der Waals surface area contributed by atoms with E-state index in [0.29, 0.717) is 17.2 Å². The van der Waals surface area contributed by atoms with Crippen molar-refractivity contribution >= 4 is 0 Å². The maximum absolute atomic E-state index is 5.67. The van der Waals surface area contributed by atoms with E-state index in [0.717, 1.165) is 39.5 Å². The molecule has 0 aliphatic rings. The molecule has 0 bridgehead atoms. The van der Waals surface area contributed by atoms with Crippen LogP contribution in [0, 0.1) is 27.7 Å². The summed E-state index contributed by atoms with van der Waals surface area (Å²) in [7, 11) is 0. The van der Waals surface area contributed by atoms with Gasteiger partial charge in [0, 0.05) is 11.8 Å². The van der Waals surface area contributed by atoms with Gasteiger partial charge in [0.1, 0.15) is 17.2 Å². The van der Waals surface area contributed by atoms with Crippen molar-refractivity contribution in [3.8, 4) is 33.8 Å². The first-order valence-corrected chi connectivity index (χ1v) is 7.82. The van der Waals surface area contributed by atoms with Crippen molar-refractivity contribution in [3.05, 3.63) is 47.6 Å². The predicted octanol–water partition coefficient (Wildman–Crippen LogP) is 4.28. The van der Waals surface area contributed by atoms with Crippen LogP contribution in [0.4, 0.5) is 0 Å². The second kappa shape index (κ2) is 5.70. The molecule has 0 aliphatic carbocycles. The molecule has 4 aromatic rings. The molecule has 0 aliphatic heterocycles. The van der Waals surface area contributed by atoms with Gasteiger partial charge in [0.2, 0.25) is 0 Å². The molecule has 0 N–H and O–H groups in total. The summed E-state index contributed by atoms with van der Waals surface area (Å²) in [5.74, 6) is 2.07. The molecule has 0 aromatic carbocycles. The molecule has 0 amide bonds. The van der Waals surface area contributed by atoms with Crippen LogP contribution < -0.4 is 0 Å². The van der Waals surface area contributed by atoms with E-state index >= 15 is 0 Å². The predicted molar refractivity (Wildman–Crippen MR) is 89.7 cm³/mol. The molecule has 126 valence electrons. The van der Waals surface area contributed by atoms with Crippen LogP contribution in [0.3, 0.4) is 0 Å². The van der Waals surface area contributed by atoms with Crippen LogP contribution in [0.2, 0.25) is 0 Å². The molecule has 4 rings (SSSR count). The summed E-state index contributed by atoms with van der Waals surface area (Å²) in [4.78, 5) is 8.81. The first kappa shape index (κ1) is 15.3. The van der Waals surface area contributed by atoms with Gasteiger partial charge in [-0.2, -0.15) is 0 Å². The van der Waals surface area contributed by atoms with E-state index < -0.39 is 0 Å². The van der Waals surface area contributed by atoms with Gasteiger partial charge in [-0.25, -0.2) is 4.98 Å². The lowest BCUT2D eigenvalue weighted by Gasteiger charge is -2.04. The van der Waals surface area contributed by atoms with Crippen LogP contribution in [0.25, 0.3) is 33.8 Å². The van der Waals surface area contributed by atoms with E-state index in [2.05, 4.69) is 20.3 Å². The van der Waals surface area contributed by atoms with E-state index in [9.17, 15) is 0 Å². The van der Waals surface area contributed by atoms with E-state index in [-0.39, 0.29) is 0 Å². The molecule has 25 heavy (non-hydrogen) atoms. The van der Waals surface area contributed by atoms with Crippen molar-refractivity contribution in [1.29, 1.82) is 0 Å². The summed E-state index contributed by atoms with van der Waals surface area (Å²) >= 11 is 0. The first-order valence-electron chi connectivity index (χ1n) is 7.82. The number of aromatic nitrogens is 4. The van der Waals surface area contributed by atoms with Crippen LogP contribution in [0.15, 0.2) is 38.2 Å². The third-order valence-electron chi connectivity index (χ3n) is 4.15. The summed E-state index contributed by atoms with van der Waals surface area (Å²) in [6.07, 6.45) is 3.16. The average molecular weight is 336 g/mol. The lowest BCUT2D eigenvalue weighted by Crippen LogP contribution is -1.89. The smallest absolute Gasteiger partial charge is 0.182 e. The molecule has 0 atom stereocenters. The SMILES string of the molecule is Cc1noc(C)c1-c1cc(-c2ocnc2-c2c(C)noc2C)ccn1. The zero-order valence-electron chi connectivity index (χ0n) is 14.3. The Kier molecular flexibility index (Phi) is 3.49. The lowest BCUT2D eigenvalue weighted by atomic mass is 10.0. The highest BCUT2D eigenvalue weighted by atomic mass is 16.5. The van der Waals surface area contributed by atoms with Crippen molar-refractivity contribution < 1.29 is 13.5 Å². The number of hydrogen-bond donors (Lipinski definition) is 0. The van der Waals surface area contributed by atoms with Gasteiger partial charge in [-0.15, -0.1) is 0 Å². The highest BCUT2D eigenvalue weighted by Gasteiger charge is 2.21. The minimum Gasteiger partial charge on any atom is -0.443 e. The van der Waals surface area contributed by atoms with Crippen LogP contribution in [-0.4, -0.2) is 20.3 Å². The summed E-state index contributed by atoms with van der Waals surface area (Å²) in [5, 5.41) is 7.99. The Balaban J connectivity index is 1.86. The summed E-state index contributed by atoms with van der Waals surface area (Å²) in [6, 6.07) is 3.82. The molecule has 7 heteroatoms. The van der Waals surface area contributed by atoms with Gasteiger partial charge in [0.15, 0.2) is 12.2 Å². The van der Waals surface area contributed by atoms with Gasteiger partial charge >= 0.3 is 0 Å². The van der Waals surface area contributed by atoms with E-state index in [1.54, 1.807) is 6.20 Å². The Morgan fingerprint density at radius 1 is 0.840 bits per heavy atom. The van der Waals surface area contributed by atoms with Gasteiger partial charge in [-0.3, -0.25) is 4.98 Å². The lowest BCUT2D eigenvalue weighted by molar-refractivity contribution is 0.393. The minimum atomic E-state index is 0.643. The van der Waals surface area contributed by atoms with Crippen molar-refractivity contribution in [2.24, 2.45) is 0 Å².